The molecule has 0 aliphatic carbocycles. The number of nitrogen functional groups attached to an aromatic ring is 1. The van der Waals surface area contributed by atoms with Crippen LogP contribution >= 0.6 is 15.9 Å². The van der Waals surface area contributed by atoms with Gasteiger partial charge in [-0.1, -0.05) is 34.1 Å². The van der Waals surface area contributed by atoms with E-state index < -0.39 is 15.6 Å². The molecule has 0 radical (unpaired) electrons. The number of anilines is 1. The second kappa shape index (κ2) is 4.62. The van der Waals surface area contributed by atoms with Crippen molar-refractivity contribution in [3.63, 3.8) is 0 Å². The third-order valence-corrected chi connectivity index (χ3v) is 4.65. The maximum atomic E-state index is 12.3. The van der Waals surface area contributed by atoms with Gasteiger partial charge in [0.05, 0.1) is 10.6 Å². The lowest BCUT2D eigenvalue weighted by Gasteiger charge is -2.09. The summed E-state index contributed by atoms with van der Waals surface area (Å²) in [5.41, 5.74) is 5.56. The molecule has 2 rings (SSSR count). The highest BCUT2D eigenvalue weighted by Crippen LogP contribution is 2.35. The number of sulfone groups is 1. The van der Waals surface area contributed by atoms with Crippen LogP contribution in [-0.2, 0) is 9.84 Å². The molecule has 3 N–H and O–H groups in total. The van der Waals surface area contributed by atoms with E-state index in [1.165, 1.54) is 24.3 Å². The fraction of sp³-hybridized carbons (Fsp3) is 0. The van der Waals surface area contributed by atoms with Crippen molar-refractivity contribution < 1.29 is 13.5 Å². The van der Waals surface area contributed by atoms with Gasteiger partial charge >= 0.3 is 0 Å². The Morgan fingerprint density at radius 1 is 1.11 bits per heavy atom. The zero-order valence-corrected chi connectivity index (χ0v) is 11.6. The minimum Gasteiger partial charge on any atom is -0.504 e. The molecule has 0 amide bonds. The van der Waals surface area contributed by atoms with Gasteiger partial charge in [-0.2, -0.15) is 0 Å². The minimum atomic E-state index is -3.77. The number of phenols is 1. The lowest BCUT2D eigenvalue weighted by molar-refractivity contribution is 0.461. The summed E-state index contributed by atoms with van der Waals surface area (Å²) in [7, 11) is -3.77. The van der Waals surface area contributed by atoms with Crippen LogP contribution in [0.1, 0.15) is 0 Å². The molecule has 0 aliphatic heterocycles. The smallest absolute Gasteiger partial charge is 0.210 e. The van der Waals surface area contributed by atoms with Crippen molar-refractivity contribution in [2.24, 2.45) is 0 Å². The topological polar surface area (TPSA) is 80.4 Å². The predicted octanol–water partition coefficient (Wildman–Crippen LogP) is 2.57. The number of phenolic OH excluding ortho intramolecular Hbond substituents is 1. The summed E-state index contributed by atoms with van der Waals surface area (Å²) >= 11 is 3.16. The number of aromatic hydroxyl groups is 1. The first kappa shape index (κ1) is 12.9. The first-order chi connectivity index (χ1) is 8.43. The second-order valence-electron chi connectivity index (χ2n) is 3.66. The number of halogens is 1. The molecule has 2 aromatic carbocycles. The molecule has 6 heteroatoms. The Kier molecular flexibility index (Phi) is 3.32. The molecule has 4 nitrogen and oxygen atoms in total. The fourth-order valence-corrected chi connectivity index (χ4v) is 3.58. The Labute approximate surface area is 113 Å². The van der Waals surface area contributed by atoms with Gasteiger partial charge in [0.25, 0.3) is 0 Å². The molecule has 0 unspecified atom stereocenters. The Bertz CT molecular complexity index is 684. The predicted molar refractivity (Wildman–Crippen MR) is 72.1 cm³/mol. The molecule has 0 spiro atoms. The molecular formula is C12H10BrNO3S. The maximum absolute atomic E-state index is 12.3. The minimum absolute atomic E-state index is 0.0129. The normalized spacial score (nSPS) is 11.4. The molecule has 0 saturated heterocycles. The third-order valence-electron chi connectivity index (χ3n) is 2.41. The highest BCUT2D eigenvalue weighted by Gasteiger charge is 2.23. The number of hydrogen-bond acceptors (Lipinski definition) is 4. The van der Waals surface area contributed by atoms with E-state index in [1.54, 1.807) is 18.2 Å². The number of hydrogen-bond donors (Lipinski definition) is 2. The average molecular weight is 328 g/mol. The third kappa shape index (κ3) is 2.21. The van der Waals surface area contributed by atoms with Gasteiger partial charge in [-0.05, 0) is 24.3 Å². The van der Waals surface area contributed by atoms with Crippen LogP contribution in [0, 0.1) is 0 Å². The van der Waals surface area contributed by atoms with Crippen molar-refractivity contribution >= 4 is 31.5 Å². The van der Waals surface area contributed by atoms with Crippen LogP contribution in [0.5, 0.6) is 5.75 Å². The number of nitrogens with two attached hydrogens (primary N) is 1. The highest BCUT2D eigenvalue weighted by atomic mass is 79.9. The van der Waals surface area contributed by atoms with Crippen molar-refractivity contribution in [2.75, 3.05) is 5.73 Å². The molecule has 0 fully saturated rings. The average Bonchev–Trinajstić information content (AvgIpc) is 2.34. The molecule has 0 bridgehead atoms. The zero-order chi connectivity index (χ0) is 13.3. The highest BCUT2D eigenvalue weighted by molar-refractivity contribution is 9.10. The van der Waals surface area contributed by atoms with Crippen molar-refractivity contribution in [2.45, 2.75) is 9.79 Å². The Balaban J connectivity index is 2.70. The summed E-state index contributed by atoms with van der Waals surface area (Å²) in [5.74, 6) is -0.429. The van der Waals surface area contributed by atoms with Crippen LogP contribution in [0.2, 0.25) is 0 Å². The molecule has 0 aromatic heterocycles. The quantitative estimate of drug-likeness (QED) is 0.656. The van der Waals surface area contributed by atoms with Crippen LogP contribution < -0.4 is 5.73 Å². The lowest BCUT2D eigenvalue weighted by atomic mass is 10.3. The Morgan fingerprint density at radius 3 is 2.33 bits per heavy atom. The van der Waals surface area contributed by atoms with Crippen LogP contribution in [0.4, 0.5) is 5.69 Å². The van der Waals surface area contributed by atoms with Gasteiger partial charge in [-0.3, -0.25) is 0 Å². The second-order valence-corrected chi connectivity index (χ2v) is 6.49. The van der Waals surface area contributed by atoms with Gasteiger partial charge in [-0.15, -0.1) is 0 Å². The van der Waals surface area contributed by atoms with E-state index in [0.29, 0.717) is 4.47 Å². The van der Waals surface area contributed by atoms with Gasteiger partial charge < -0.3 is 10.8 Å². The summed E-state index contributed by atoms with van der Waals surface area (Å²) in [5, 5.41) is 9.79. The van der Waals surface area contributed by atoms with Crippen molar-refractivity contribution in [1.82, 2.24) is 0 Å². The standard InChI is InChI=1S/C12H10BrNO3S/c13-8-6-10(14)12(15)11(7-8)18(16,17)9-4-2-1-3-5-9/h1-7,15H,14H2. The molecule has 0 heterocycles. The molecule has 0 atom stereocenters. The molecule has 18 heavy (non-hydrogen) atoms. The Hall–Kier alpha value is -1.53. The SMILES string of the molecule is Nc1cc(Br)cc(S(=O)(=O)c2ccccc2)c1O. The van der Waals surface area contributed by atoms with E-state index in [2.05, 4.69) is 15.9 Å². The van der Waals surface area contributed by atoms with Gasteiger partial charge in [0.15, 0.2) is 5.75 Å². The molecular weight excluding hydrogens is 318 g/mol. The monoisotopic (exact) mass is 327 g/mol. The van der Waals surface area contributed by atoms with E-state index in [-0.39, 0.29) is 15.5 Å². The molecule has 94 valence electrons. The number of rotatable bonds is 2. The van der Waals surface area contributed by atoms with Crippen LogP contribution in [0.15, 0.2) is 56.7 Å². The summed E-state index contributed by atoms with van der Waals surface area (Å²) in [4.78, 5) is -0.0987. The lowest BCUT2D eigenvalue weighted by Crippen LogP contribution is -2.03. The summed E-state index contributed by atoms with van der Waals surface area (Å²) < 4.78 is 25.1. The summed E-state index contributed by atoms with van der Waals surface area (Å²) in [6, 6.07) is 10.6. The largest absolute Gasteiger partial charge is 0.504 e. The summed E-state index contributed by atoms with van der Waals surface area (Å²) in [6.45, 7) is 0. The molecule has 2 aromatic rings. The van der Waals surface area contributed by atoms with Gasteiger partial charge in [0.2, 0.25) is 9.84 Å². The first-order valence-electron chi connectivity index (χ1n) is 5.01. The van der Waals surface area contributed by atoms with E-state index >= 15 is 0 Å². The van der Waals surface area contributed by atoms with Crippen molar-refractivity contribution in [3.8, 4) is 5.75 Å². The van der Waals surface area contributed by atoms with Crippen molar-refractivity contribution in [3.05, 3.63) is 46.9 Å². The summed E-state index contributed by atoms with van der Waals surface area (Å²) in [6.07, 6.45) is 0. The van der Waals surface area contributed by atoms with E-state index in [9.17, 15) is 13.5 Å². The van der Waals surface area contributed by atoms with Crippen molar-refractivity contribution in [1.29, 1.82) is 0 Å². The number of benzene rings is 2. The van der Waals surface area contributed by atoms with Gasteiger partial charge in [0, 0.05) is 4.47 Å². The van der Waals surface area contributed by atoms with Gasteiger partial charge in [-0.25, -0.2) is 8.42 Å². The van der Waals surface area contributed by atoms with Crippen LogP contribution in [0.25, 0.3) is 0 Å². The van der Waals surface area contributed by atoms with Crippen LogP contribution in [0.3, 0.4) is 0 Å². The van der Waals surface area contributed by atoms with Crippen LogP contribution in [-0.4, -0.2) is 13.5 Å². The molecule has 0 aliphatic rings. The zero-order valence-electron chi connectivity index (χ0n) is 9.17. The van der Waals surface area contributed by atoms with Gasteiger partial charge in [0.1, 0.15) is 4.90 Å². The Morgan fingerprint density at radius 2 is 1.72 bits per heavy atom. The molecule has 0 saturated carbocycles. The first-order valence-corrected chi connectivity index (χ1v) is 7.28. The van der Waals surface area contributed by atoms with E-state index in [1.807, 2.05) is 0 Å². The van der Waals surface area contributed by atoms with E-state index in [4.69, 9.17) is 5.73 Å². The van der Waals surface area contributed by atoms with E-state index in [0.717, 1.165) is 0 Å². The maximum Gasteiger partial charge on any atom is 0.210 e. The fourth-order valence-electron chi connectivity index (χ4n) is 1.53.